The van der Waals surface area contributed by atoms with Crippen molar-refractivity contribution in [3.05, 3.63) is 34.9 Å². The number of likely N-dealkylation sites (tertiary alicyclic amines) is 1. The number of aryl methyl sites for hydroxylation is 3. The number of carbonyl (C=O) groups excluding carboxylic acids is 1. The molecule has 1 amide bonds. The van der Waals surface area contributed by atoms with E-state index >= 15 is 0 Å². The van der Waals surface area contributed by atoms with Crippen molar-refractivity contribution in [1.29, 1.82) is 0 Å². The molecule has 20 heavy (non-hydrogen) atoms. The van der Waals surface area contributed by atoms with E-state index in [1.807, 2.05) is 0 Å². The number of amides is 1. The molecule has 1 aromatic carbocycles. The molecule has 1 fully saturated rings. The van der Waals surface area contributed by atoms with Gasteiger partial charge in [0.2, 0.25) is 5.91 Å². The van der Waals surface area contributed by atoms with E-state index < -0.39 is 6.10 Å². The van der Waals surface area contributed by atoms with Crippen LogP contribution < -0.4 is 0 Å². The highest BCUT2D eigenvalue weighted by Gasteiger charge is 2.33. The summed E-state index contributed by atoms with van der Waals surface area (Å²) < 4.78 is 5.15. The number of benzene rings is 1. The van der Waals surface area contributed by atoms with Gasteiger partial charge in [0.25, 0.3) is 0 Å². The fraction of sp³-hybridized carbons (Fsp3) is 0.562. The van der Waals surface area contributed by atoms with E-state index in [4.69, 9.17) is 4.74 Å². The highest BCUT2D eigenvalue weighted by atomic mass is 16.5. The number of methoxy groups -OCH3 is 1. The zero-order valence-corrected chi connectivity index (χ0v) is 12.4. The van der Waals surface area contributed by atoms with E-state index in [1.165, 1.54) is 16.7 Å². The van der Waals surface area contributed by atoms with Gasteiger partial charge in [-0.3, -0.25) is 4.79 Å². The standard InChI is InChI=1S/C16H23NO3/c1-11-4-5-13(12(2)8-11)6-7-16(19)17-9-14(18)15(10-17)20-3/h4-5,8,14-15,18H,6-7,9-10H2,1-3H3/t14-,15-/m0/s1. The first-order chi connectivity index (χ1) is 9.51. The topological polar surface area (TPSA) is 49.8 Å². The number of aliphatic hydroxyl groups excluding tert-OH is 1. The van der Waals surface area contributed by atoms with Crippen LogP contribution in [0, 0.1) is 13.8 Å². The molecule has 4 heteroatoms. The van der Waals surface area contributed by atoms with Crippen molar-refractivity contribution in [2.24, 2.45) is 0 Å². The van der Waals surface area contributed by atoms with E-state index in [2.05, 4.69) is 32.0 Å². The lowest BCUT2D eigenvalue weighted by molar-refractivity contribution is -0.130. The summed E-state index contributed by atoms with van der Waals surface area (Å²) in [5.41, 5.74) is 3.68. The van der Waals surface area contributed by atoms with Gasteiger partial charge in [-0.1, -0.05) is 23.8 Å². The SMILES string of the molecule is CO[C@H]1CN(C(=O)CCc2ccc(C)cc2C)C[C@@H]1O. The molecule has 0 radical (unpaired) electrons. The van der Waals surface area contributed by atoms with Crippen molar-refractivity contribution >= 4 is 5.91 Å². The maximum Gasteiger partial charge on any atom is 0.223 e. The van der Waals surface area contributed by atoms with Crippen LogP contribution in [-0.2, 0) is 16.0 Å². The third kappa shape index (κ3) is 3.38. The molecule has 1 saturated heterocycles. The second kappa shape index (κ2) is 6.37. The fourth-order valence-corrected chi connectivity index (χ4v) is 2.72. The molecule has 0 bridgehead atoms. The zero-order valence-electron chi connectivity index (χ0n) is 12.4. The van der Waals surface area contributed by atoms with Gasteiger partial charge < -0.3 is 14.7 Å². The van der Waals surface area contributed by atoms with Crippen LogP contribution in [0.2, 0.25) is 0 Å². The van der Waals surface area contributed by atoms with E-state index in [0.29, 0.717) is 19.5 Å². The van der Waals surface area contributed by atoms with Gasteiger partial charge in [0, 0.05) is 26.6 Å². The summed E-state index contributed by atoms with van der Waals surface area (Å²) >= 11 is 0. The van der Waals surface area contributed by atoms with Crippen LogP contribution in [0.25, 0.3) is 0 Å². The monoisotopic (exact) mass is 277 g/mol. The Morgan fingerprint density at radius 2 is 2.15 bits per heavy atom. The van der Waals surface area contributed by atoms with Gasteiger partial charge in [-0.2, -0.15) is 0 Å². The number of carbonyl (C=O) groups is 1. The molecule has 1 heterocycles. The van der Waals surface area contributed by atoms with Crippen molar-refractivity contribution in [3.8, 4) is 0 Å². The Hall–Kier alpha value is -1.39. The molecule has 110 valence electrons. The molecule has 1 aromatic rings. The Morgan fingerprint density at radius 3 is 2.75 bits per heavy atom. The van der Waals surface area contributed by atoms with Crippen molar-refractivity contribution < 1.29 is 14.6 Å². The van der Waals surface area contributed by atoms with E-state index in [0.717, 1.165) is 6.42 Å². The molecule has 1 aliphatic heterocycles. The third-order valence-electron chi connectivity index (χ3n) is 4.00. The average molecular weight is 277 g/mol. The van der Waals surface area contributed by atoms with E-state index in [9.17, 15) is 9.90 Å². The molecule has 1 aliphatic rings. The van der Waals surface area contributed by atoms with Crippen LogP contribution in [0.4, 0.5) is 0 Å². The molecule has 0 spiro atoms. The van der Waals surface area contributed by atoms with Crippen molar-refractivity contribution in [1.82, 2.24) is 4.90 Å². The number of β-amino-alcohol motifs (C(OH)–C–C–N with tert-alkyl or cyclic N) is 1. The number of hydrogen-bond donors (Lipinski definition) is 1. The molecular formula is C16H23NO3. The quantitative estimate of drug-likeness (QED) is 0.906. The average Bonchev–Trinajstić information content (AvgIpc) is 2.79. The summed E-state index contributed by atoms with van der Waals surface area (Å²) in [5.74, 6) is 0.0866. The Labute approximate surface area is 120 Å². The highest BCUT2D eigenvalue weighted by molar-refractivity contribution is 5.77. The molecule has 2 atom stereocenters. The predicted molar refractivity (Wildman–Crippen MR) is 77.6 cm³/mol. The molecule has 0 aromatic heterocycles. The minimum absolute atomic E-state index is 0.0866. The van der Waals surface area contributed by atoms with Crippen LogP contribution >= 0.6 is 0 Å². The first kappa shape index (κ1) is 15.0. The molecule has 0 aliphatic carbocycles. The van der Waals surface area contributed by atoms with E-state index in [-0.39, 0.29) is 12.0 Å². The zero-order chi connectivity index (χ0) is 14.7. The first-order valence-corrected chi connectivity index (χ1v) is 7.06. The Balaban J connectivity index is 1.89. The number of ether oxygens (including phenoxy) is 1. The largest absolute Gasteiger partial charge is 0.388 e. The minimum atomic E-state index is -0.565. The summed E-state index contributed by atoms with van der Waals surface area (Å²) in [6.45, 7) is 5.01. The van der Waals surface area contributed by atoms with Crippen LogP contribution in [0.15, 0.2) is 18.2 Å². The predicted octanol–water partition coefficient (Wildman–Crippen LogP) is 1.45. The Morgan fingerprint density at radius 1 is 1.40 bits per heavy atom. The normalized spacial score (nSPS) is 22.3. The summed E-state index contributed by atoms with van der Waals surface area (Å²) in [4.78, 5) is 13.9. The van der Waals surface area contributed by atoms with Gasteiger partial charge in [0.1, 0.15) is 6.10 Å². The van der Waals surface area contributed by atoms with Gasteiger partial charge in [0.15, 0.2) is 0 Å². The van der Waals surface area contributed by atoms with Crippen LogP contribution in [0.1, 0.15) is 23.1 Å². The number of rotatable bonds is 4. The Kier molecular flexibility index (Phi) is 4.78. The lowest BCUT2D eigenvalue weighted by atomic mass is 10.0. The summed E-state index contributed by atoms with van der Waals surface area (Å²) in [6.07, 6.45) is 0.410. The van der Waals surface area contributed by atoms with Crippen LogP contribution in [0.3, 0.4) is 0 Å². The van der Waals surface area contributed by atoms with Crippen LogP contribution in [-0.4, -0.2) is 48.3 Å². The third-order valence-corrected chi connectivity index (χ3v) is 4.00. The minimum Gasteiger partial charge on any atom is -0.388 e. The molecule has 4 nitrogen and oxygen atoms in total. The highest BCUT2D eigenvalue weighted by Crippen LogP contribution is 2.17. The maximum absolute atomic E-state index is 12.2. The Bertz CT molecular complexity index is 487. The van der Waals surface area contributed by atoms with Crippen LogP contribution in [0.5, 0.6) is 0 Å². The summed E-state index contributed by atoms with van der Waals surface area (Å²) in [7, 11) is 1.57. The van der Waals surface area contributed by atoms with E-state index in [1.54, 1.807) is 12.0 Å². The van der Waals surface area contributed by atoms with Gasteiger partial charge >= 0.3 is 0 Å². The maximum atomic E-state index is 12.2. The smallest absolute Gasteiger partial charge is 0.223 e. The molecule has 2 rings (SSSR count). The number of hydrogen-bond acceptors (Lipinski definition) is 3. The van der Waals surface area contributed by atoms with Gasteiger partial charge in [0.05, 0.1) is 6.10 Å². The van der Waals surface area contributed by atoms with Crippen molar-refractivity contribution in [2.75, 3.05) is 20.2 Å². The van der Waals surface area contributed by atoms with Crippen molar-refractivity contribution in [3.63, 3.8) is 0 Å². The number of nitrogens with zero attached hydrogens (tertiary/aromatic N) is 1. The second-order valence-corrected chi connectivity index (χ2v) is 5.57. The summed E-state index contributed by atoms with van der Waals surface area (Å²) in [6, 6.07) is 6.31. The lowest BCUT2D eigenvalue weighted by Gasteiger charge is -2.16. The van der Waals surface area contributed by atoms with Gasteiger partial charge in [-0.25, -0.2) is 0 Å². The number of aliphatic hydroxyl groups is 1. The first-order valence-electron chi connectivity index (χ1n) is 7.06. The molecule has 1 N–H and O–H groups in total. The van der Waals surface area contributed by atoms with Crippen molar-refractivity contribution in [2.45, 2.75) is 38.9 Å². The molecule has 0 unspecified atom stereocenters. The second-order valence-electron chi connectivity index (χ2n) is 5.57. The fourth-order valence-electron chi connectivity index (χ4n) is 2.72. The molecular weight excluding hydrogens is 254 g/mol. The lowest BCUT2D eigenvalue weighted by Crippen LogP contribution is -2.30. The van der Waals surface area contributed by atoms with Gasteiger partial charge in [-0.05, 0) is 31.4 Å². The summed E-state index contributed by atoms with van der Waals surface area (Å²) in [5, 5.41) is 9.75. The van der Waals surface area contributed by atoms with Gasteiger partial charge in [-0.15, -0.1) is 0 Å². The molecule has 0 saturated carbocycles.